The lowest BCUT2D eigenvalue weighted by atomic mass is 9.97. The first-order valence-corrected chi connectivity index (χ1v) is 6.67. The Morgan fingerprint density at radius 1 is 1.44 bits per heavy atom. The lowest BCUT2D eigenvalue weighted by molar-refractivity contribution is 0.342. The fraction of sp³-hybridized carbons (Fsp3) is 0.714. The van der Waals surface area contributed by atoms with E-state index in [1.807, 2.05) is 6.07 Å². The predicted molar refractivity (Wildman–Crippen MR) is 66.3 cm³/mol. The summed E-state index contributed by atoms with van der Waals surface area (Å²) in [5.74, 6) is 2.01. The third-order valence-corrected chi connectivity index (χ3v) is 3.57. The first-order valence-electron chi connectivity index (χ1n) is 6.67. The molecule has 0 bridgehead atoms. The summed E-state index contributed by atoms with van der Waals surface area (Å²) in [4.78, 5) is 0. The molecule has 1 heterocycles. The summed E-state index contributed by atoms with van der Waals surface area (Å²) in [6.45, 7) is 3.29. The fourth-order valence-corrected chi connectivity index (χ4v) is 2.69. The van der Waals surface area contributed by atoms with E-state index in [1.165, 1.54) is 38.5 Å². The minimum atomic E-state index is 0.429. The highest BCUT2D eigenvalue weighted by molar-refractivity contribution is 5.04. The summed E-state index contributed by atoms with van der Waals surface area (Å²) in [6, 6.07) is 4.52. The summed E-state index contributed by atoms with van der Waals surface area (Å²) in [5, 5.41) is 3.60. The van der Waals surface area contributed by atoms with Crippen molar-refractivity contribution in [3.05, 3.63) is 24.2 Å². The van der Waals surface area contributed by atoms with Crippen LogP contribution in [0.1, 0.15) is 57.3 Å². The van der Waals surface area contributed by atoms with E-state index in [1.54, 1.807) is 6.26 Å². The highest BCUT2D eigenvalue weighted by atomic mass is 16.3. The van der Waals surface area contributed by atoms with Gasteiger partial charge in [0.1, 0.15) is 5.76 Å². The maximum atomic E-state index is 5.54. The SMILES string of the molecule is CCCNC(CC1CCCC1)c1ccco1. The Kier molecular flexibility index (Phi) is 4.46. The zero-order valence-corrected chi connectivity index (χ0v) is 10.2. The first kappa shape index (κ1) is 11.7. The van der Waals surface area contributed by atoms with E-state index in [0.717, 1.165) is 18.2 Å². The molecule has 0 spiro atoms. The second kappa shape index (κ2) is 6.09. The molecule has 1 atom stereocenters. The van der Waals surface area contributed by atoms with Crippen molar-refractivity contribution in [1.29, 1.82) is 0 Å². The van der Waals surface area contributed by atoms with E-state index in [0.29, 0.717) is 6.04 Å². The van der Waals surface area contributed by atoms with Gasteiger partial charge >= 0.3 is 0 Å². The van der Waals surface area contributed by atoms with Crippen molar-refractivity contribution in [3.8, 4) is 0 Å². The van der Waals surface area contributed by atoms with Crippen LogP contribution in [0, 0.1) is 5.92 Å². The molecule has 1 N–H and O–H groups in total. The Hall–Kier alpha value is -0.760. The van der Waals surface area contributed by atoms with Gasteiger partial charge in [0.2, 0.25) is 0 Å². The molecule has 2 nitrogen and oxygen atoms in total. The van der Waals surface area contributed by atoms with Gasteiger partial charge in [0, 0.05) is 0 Å². The monoisotopic (exact) mass is 221 g/mol. The molecule has 1 aliphatic carbocycles. The van der Waals surface area contributed by atoms with Crippen LogP contribution in [0.4, 0.5) is 0 Å². The summed E-state index contributed by atoms with van der Waals surface area (Å²) >= 11 is 0. The van der Waals surface area contributed by atoms with Crippen LogP contribution in [-0.4, -0.2) is 6.54 Å². The van der Waals surface area contributed by atoms with Crippen LogP contribution in [0.25, 0.3) is 0 Å². The average molecular weight is 221 g/mol. The van der Waals surface area contributed by atoms with E-state index in [4.69, 9.17) is 4.42 Å². The Bertz CT molecular complexity index is 275. The molecule has 0 saturated heterocycles. The van der Waals surface area contributed by atoms with Crippen LogP contribution in [0.5, 0.6) is 0 Å². The second-order valence-electron chi connectivity index (χ2n) is 4.91. The zero-order chi connectivity index (χ0) is 11.2. The van der Waals surface area contributed by atoms with E-state index < -0.39 is 0 Å². The molecule has 1 aromatic rings. The molecule has 2 rings (SSSR count). The lowest BCUT2D eigenvalue weighted by Crippen LogP contribution is -2.23. The molecule has 0 aromatic carbocycles. The molecule has 0 aliphatic heterocycles. The zero-order valence-electron chi connectivity index (χ0n) is 10.2. The van der Waals surface area contributed by atoms with Crippen molar-refractivity contribution >= 4 is 0 Å². The van der Waals surface area contributed by atoms with Crippen molar-refractivity contribution < 1.29 is 4.42 Å². The topological polar surface area (TPSA) is 25.2 Å². The van der Waals surface area contributed by atoms with Gasteiger partial charge in [-0.25, -0.2) is 0 Å². The van der Waals surface area contributed by atoms with Gasteiger partial charge in [-0.3, -0.25) is 0 Å². The Labute approximate surface area is 98.4 Å². The van der Waals surface area contributed by atoms with Crippen LogP contribution in [-0.2, 0) is 0 Å². The molecule has 1 saturated carbocycles. The van der Waals surface area contributed by atoms with Gasteiger partial charge in [-0.15, -0.1) is 0 Å². The van der Waals surface area contributed by atoms with Crippen LogP contribution in [0.15, 0.2) is 22.8 Å². The van der Waals surface area contributed by atoms with Crippen LogP contribution < -0.4 is 5.32 Å². The Balaban J connectivity index is 1.91. The number of furan rings is 1. The Morgan fingerprint density at radius 2 is 2.25 bits per heavy atom. The van der Waals surface area contributed by atoms with E-state index in [9.17, 15) is 0 Å². The highest BCUT2D eigenvalue weighted by Crippen LogP contribution is 2.33. The largest absolute Gasteiger partial charge is 0.468 e. The van der Waals surface area contributed by atoms with Gasteiger partial charge < -0.3 is 9.73 Å². The third-order valence-electron chi connectivity index (χ3n) is 3.57. The Morgan fingerprint density at radius 3 is 2.88 bits per heavy atom. The van der Waals surface area contributed by atoms with Gasteiger partial charge in [-0.2, -0.15) is 0 Å². The van der Waals surface area contributed by atoms with Crippen LogP contribution in [0.3, 0.4) is 0 Å². The molecule has 1 aliphatic rings. The summed E-state index contributed by atoms with van der Waals surface area (Å²) in [6.07, 6.45) is 9.86. The smallest absolute Gasteiger partial charge is 0.120 e. The molecular weight excluding hydrogens is 198 g/mol. The number of nitrogens with one attached hydrogen (secondary N) is 1. The summed E-state index contributed by atoms with van der Waals surface area (Å²) < 4.78 is 5.54. The van der Waals surface area contributed by atoms with Gasteiger partial charge in [-0.05, 0) is 37.4 Å². The number of hydrogen-bond acceptors (Lipinski definition) is 2. The number of hydrogen-bond donors (Lipinski definition) is 1. The maximum Gasteiger partial charge on any atom is 0.120 e. The van der Waals surface area contributed by atoms with Crippen molar-refractivity contribution in [2.45, 2.75) is 51.5 Å². The number of rotatable bonds is 6. The van der Waals surface area contributed by atoms with E-state index in [2.05, 4.69) is 18.3 Å². The average Bonchev–Trinajstić information content (AvgIpc) is 2.96. The van der Waals surface area contributed by atoms with E-state index >= 15 is 0 Å². The standard InChI is InChI=1S/C14H23NO/c1-2-9-15-13(14-8-5-10-16-14)11-12-6-3-4-7-12/h5,8,10,12-13,15H,2-4,6-7,9,11H2,1H3. The second-order valence-corrected chi connectivity index (χ2v) is 4.91. The minimum Gasteiger partial charge on any atom is -0.468 e. The minimum absolute atomic E-state index is 0.429. The van der Waals surface area contributed by atoms with E-state index in [-0.39, 0.29) is 0 Å². The lowest BCUT2D eigenvalue weighted by Gasteiger charge is -2.19. The summed E-state index contributed by atoms with van der Waals surface area (Å²) in [5.41, 5.74) is 0. The molecule has 0 amide bonds. The van der Waals surface area contributed by atoms with Crippen molar-refractivity contribution in [2.24, 2.45) is 5.92 Å². The molecule has 90 valence electrons. The van der Waals surface area contributed by atoms with Crippen molar-refractivity contribution in [2.75, 3.05) is 6.54 Å². The molecule has 2 heteroatoms. The van der Waals surface area contributed by atoms with Gasteiger partial charge in [0.25, 0.3) is 0 Å². The fourth-order valence-electron chi connectivity index (χ4n) is 2.69. The molecule has 1 fully saturated rings. The third kappa shape index (κ3) is 3.11. The van der Waals surface area contributed by atoms with Crippen molar-refractivity contribution in [3.63, 3.8) is 0 Å². The molecule has 1 unspecified atom stereocenters. The van der Waals surface area contributed by atoms with Crippen LogP contribution in [0.2, 0.25) is 0 Å². The van der Waals surface area contributed by atoms with Gasteiger partial charge in [0.15, 0.2) is 0 Å². The predicted octanol–water partition coefficient (Wildman–Crippen LogP) is 3.90. The molecular formula is C14H23NO. The molecule has 1 aromatic heterocycles. The molecule has 16 heavy (non-hydrogen) atoms. The maximum absolute atomic E-state index is 5.54. The van der Waals surface area contributed by atoms with Gasteiger partial charge in [-0.1, -0.05) is 32.6 Å². The van der Waals surface area contributed by atoms with Crippen molar-refractivity contribution in [1.82, 2.24) is 5.32 Å². The highest BCUT2D eigenvalue weighted by Gasteiger charge is 2.22. The summed E-state index contributed by atoms with van der Waals surface area (Å²) in [7, 11) is 0. The normalized spacial score (nSPS) is 19.1. The first-order chi connectivity index (χ1) is 7.90. The molecule has 0 radical (unpaired) electrons. The van der Waals surface area contributed by atoms with Crippen LogP contribution >= 0.6 is 0 Å². The quantitative estimate of drug-likeness (QED) is 0.788. The van der Waals surface area contributed by atoms with Gasteiger partial charge in [0.05, 0.1) is 12.3 Å².